The Balaban J connectivity index is 1.84. The molecule has 1 rings (SSSR count). The molecule has 0 aromatic heterocycles. The predicted molar refractivity (Wildman–Crippen MR) is 79.6 cm³/mol. The van der Waals surface area contributed by atoms with Crippen molar-refractivity contribution in [1.82, 2.24) is 9.80 Å². The van der Waals surface area contributed by atoms with Gasteiger partial charge in [0.05, 0.1) is 19.8 Å². The van der Waals surface area contributed by atoms with Crippen LogP contribution in [0.1, 0.15) is 27.2 Å². The van der Waals surface area contributed by atoms with E-state index in [2.05, 4.69) is 37.6 Å². The van der Waals surface area contributed by atoms with Crippen LogP contribution in [0.3, 0.4) is 0 Å². The van der Waals surface area contributed by atoms with Crippen LogP contribution in [-0.4, -0.2) is 76.0 Å². The number of ether oxygens (including phenoxy) is 2. The SMILES string of the molecule is CN1CCN(CCCOCCOCC(C)(C)C)CC1. The van der Waals surface area contributed by atoms with Crippen molar-refractivity contribution in [2.75, 3.05) is 66.2 Å². The second-order valence-corrected chi connectivity index (χ2v) is 6.72. The molecule has 0 unspecified atom stereocenters. The summed E-state index contributed by atoms with van der Waals surface area (Å²) in [5, 5.41) is 0. The van der Waals surface area contributed by atoms with Crippen LogP contribution in [0.5, 0.6) is 0 Å². The first-order valence-electron chi connectivity index (χ1n) is 7.54. The van der Waals surface area contributed by atoms with Gasteiger partial charge in [0.25, 0.3) is 0 Å². The molecule has 1 heterocycles. The van der Waals surface area contributed by atoms with E-state index < -0.39 is 0 Å². The minimum atomic E-state index is 0.251. The maximum absolute atomic E-state index is 5.60. The van der Waals surface area contributed by atoms with Crippen molar-refractivity contribution < 1.29 is 9.47 Å². The van der Waals surface area contributed by atoms with Crippen LogP contribution in [0.15, 0.2) is 0 Å². The fourth-order valence-corrected chi connectivity index (χ4v) is 2.06. The molecule has 0 radical (unpaired) electrons. The molecule has 0 atom stereocenters. The summed E-state index contributed by atoms with van der Waals surface area (Å²) in [6, 6.07) is 0. The molecule has 0 aliphatic carbocycles. The highest BCUT2D eigenvalue weighted by atomic mass is 16.5. The summed E-state index contributed by atoms with van der Waals surface area (Å²) in [6.45, 7) is 15.6. The first-order chi connectivity index (χ1) is 8.97. The van der Waals surface area contributed by atoms with E-state index in [1.54, 1.807) is 0 Å². The maximum Gasteiger partial charge on any atom is 0.0700 e. The molecule has 1 saturated heterocycles. The highest BCUT2D eigenvalue weighted by Crippen LogP contribution is 2.12. The molecule has 1 aliphatic heterocycles. The van der Waals surface area contributed by atoms with Crippen molar-refractivity contribution in [1.29, 1.82) is 0 Å². The molecule has 0 spiro atoms. The van der Waals surface area contributed by atoms with Crippen molar-refractivity contribution in [3.8, 4) is 0 Å². The fourth-order valence-electron chi connectivity index (χ4n) is 2.06. The van der Waals surface area contributed by atoms with E-state index in [1.165, 1.54) is 26.2 Å². The van der Waals surface area contributed by atoms with Gasteiger partial charge in [0.15, 0.2) is 0 Å². The molecule has 0 aromatic rings. The lowest BCUT2D eigenvalue weighted by atomic mass is 9.99. The Morgan fingerprint density at radius 1 is 0.895 bits per heavy atom. The lowest BCUT2D eigenvalue weighted by molar-refractivity contribution is 0.0167. The Kier molecular flexibility index (Phi) is 7.91. The summed E-state index contributed by atoms with van der Waals surface area (Å²) < 4.78 is 11.2. The van der Waals surface area contributed by atoms with Crippen molar-refractivity contribution in [3.63, 3.8) is 0 Å². The number of nitrogens with zero attached hydrogens (tertiary/aromatic N) is 2. The molecule has 0 amide bonds. The third-order valence-electron chi connectivity index (χ3n) is 3.27. The molecule has 0 N–H and O–H groups in total. The standard InChI is InChI=1S/C15H32N2O2/c1-15(2,3)14-19-13-12-18-11-5-6-17-9-7-16(4)8-10-17/h5-14H2,1-4H3. The van der Waals surface area contributed by atoms with E-state index in [4.69, 9.17) is 9.47 Å². The molecule has 114 valence electrons. The zero-order chi connectivity index (χ0) is 14.1. The Morgan fingerprint density at radius 2 is 1.53 bits per heavy atom. The predicted octanol–water partition coefficient (Wildman–Crippen LogP) is 1.70. The van der Waals surface area contributed by atoms with Crippen LogP contribution in [0, 0.1) is 5.41 Å². The van der Waals surface area contributed by atoms with E-state index in [9.17, 15) is 0 Å². The van der Waals surface area contributed by atoms with Crippen LogP contribution in [0.4, 0.5) is 0 Å². The highest BCUT2D eigenvalue weighted by Gasteiger charge is 2.12. The zero-order valence-electron chi connectivity index (χ0n) is 13.3. The van der Waals surface area contributed by atoms with Gasteiger partial charge in [-0.05, 0) is 18.9 Å². The number of likely N-dealkylation sites (N-methyl/N-ethyl adjacent to an activating group) is 1. The van der Waals surface area contributed by atoms with Gasteiger partial charge in [-0.25, -0.2) is 0 Å². The normalized spacial score (nSPS) is 18.9. The van der Waals surface area contributed by atoms with Gasteiger partial charge in [0.1, 0.15) is 0 Å². The topological polar surface area (TPSA) is 24.9 Å². The molecular formula is C15H32N2O2. The molecule has 0 bridgehead atoms. The molecule has 19 heavy (non-hydrogen) atoms. The van der Waals surface area contributed by atoms with Crippen LogP contribution in [0.25, 0.3) is 0 Å². The second-order valence-electron chi connectivity index (χ2n) is 6.72. The van der Waals surface area contributed by atoms with Gasteiger partial charge in [0.2, 0.25) is 0 Å². The molecule has 0 aromatic carbocycles. The van der Waals surface area contributed by atoms with Gasteiger partial charge in [-0.3, -0.25) is 0 Å². The van der Waals surface area contributed by atoms with Crippen LogP contribution in [-0.2, 0) is 9.47 Å². The average Bonchev–Trinajstić information content (AvgIpc) is 2.33. The zero-order valence-corrected chi connectivity index (χ0v) is 13.3. The van der Waals surface area contributed by atoms with Gasteiger partial charge < -0.3 is 19.3 Å². The Labute approximate surface area is 119 Å². The van der Waals surface area contributed by atoms with E-state index >= 15 is 0 Å². The summed E-state index contributed by atoms with van der Waals surface area (Å²) in [4.78, 5) is 4.92. The molecule has 4 nitrogen and oxygen atoms in total. The third kappa shape index (κ3) is 9.38. The van der Waals surface area contributed by atoms with E-state index in [0.29, 0.717) is 6.61 Å². The van der Waals surface area contributed by atoms with Crippen molar-refractivity contribution >= 4 is 0 Å². The van der Waals surface area contributed by atoms with Crippen LogP contribution < -0.4 is 0 Å². The number of rotatable bonds is 8. The van der Waals surface area contributed by atoms with Gasteiger partial charge >= 0.3 is 0 Å². The lowest BCUT2D eigenvalue weighted by Crippen LogP contribution is -2.44. The first kappa shape index (κ1) is 16.9. The Hall–Kier alpha value is -0.160. The molecule has 4 heteroatoms. The molecule has 1 aliphatic rings. The van der Waals surface area contributed by atoms with Gasteiger partial charge in [-0.15, -0.1) is 0 Å². The van der Waals surface area contributed by atoms with Crippen LogP contribution >= 0.6 is 0 Å². The summed E-state index contributed by atoms with van der Waals surface area (Å²) in [6.07, 6.45) is 1.13. The van der Waals surface area contributed by atoms with Crippen molar-refractivity contribution in [2.24, 2.45) is 5.41 Å². The minimum absolute atomic E-state index is 0.251. The first-order valence-corrected chi connectivity index (χ1v) is 7.54. The highest BCUT2D eigenvalue weighted by molar-refractivity contribution is 4.68. The Morgan fingerprint density at radius 3 is 2.16 bits per heavy atom. The van der Waals surface area contributed by atoms with Gasteiger partial charge in [-0.1, -0.05) is 20.8 Å². The summed E-state index contributed by atoms with van der Waals surface area (Å²) >= 11 is 0. The molecule has 1 fully saturated rings. The van der Waals surface area contributed by atoms with Gasteiger partial charge in [0, 0.05) is 39.3 Å². The van der Waals surface area contributed by atoms with Crippen LogP contribution in [0.2, 0.25) is 0 Å². The van der Waals surface area contributed by atoms with E-state index in [0.717, 1.165) is 32.8 Å². The number of hydrogen-bond acceptors (Lipinski definition) is 4. The number of piperazine rings is 1. The summed E-state index contributed by atoms with van der Waals surface area (Å²) in [5.74, 6) is 0. The fraction of sp³-hybridized carbons (Fsp3) is 1.00. The minimum Gasteiger partial charge on any atom is -0.379 e. The molecule has 0 saturated carbocycles. The summed E-state index contributed by atoms with van der Waals surface area (Å²) in [5.41, 5.74) is 0.251. The van der Waals surface area contributed by atoms with Gasteiger partial charge in [-0.2, -0.15) is 0 Å². The third-order valence-corrected chi connectivity index (χ3v) is 3.27. The van der Waals surface area contributed by atoms with E-state index in [-0.39, 0.29) is 5.41 Å². The second kappa shape index (κ2) is 8.90. The maximum atomic E-state index is 5.60. The smallest absolute Gasteiger partial charge is 0.0700 e. The average molecular weight is 272 g/mol. The largest absolute Gasteiger partial charge is 0.379 e. The molecular weight excluding hydrogens is 240 g/mol. The van der Waals surface area contributed by atoms with Crippen molar-refractivity contribution in [3.05, 3.63) is 0 Å². The van der Waals surface area contributed by atoms with E-state index in [1.807, 2.05) is 0 Å². The van der Waals surface area contributed by atoms with Crippen molar-refractivity contribution in [2.45, 2.75) is 27.2 Å². The summed E-state index contributed by atoms with van der Waals surface area (Å²) in [7, 11) is 2.19. The monoisotopic (exact) mass is 272 g/mol. The number of hydrogen-bond donors (Lipinski definition) is 0. The Bertz CT molecular complexity index is 221. The lowest BCUT2D eigenvalue weighted by Gasteiger charge is -2.32. The quantitative estimate of drug-likeness (QED) is 0.628.